The zero-order valence-electron chi connectivity index (χ0n) is 4.74. The molecular weight excluding hydrogens is 122 g/mol. The maximum atomic E-state index is 5.30. The van der Waals surface area contributed by atoms with Gasteiger partial charge in [-0.25, -0.2) is 5.84 Å². The van der Waals surface area contributed by atoms with Gasteiger partial charge in [-0.15, -0.1) is 0 Å². The van der Waals surface area contributed by atoms with Crippen molar-refractivity contribution in [3.05, 3.63) is 0 Å². The molecule has 8 heavy (non-hydrogen) atoms. The molecule has 0 aromatic heterocycles. The van der Waals surface area contributed by atoms with E-state index in [1.807, 2.05) is 6.21 Å². The van der Waals surface area contributed by atoms with Crippen LogP contribution in [-0.4, -0.2) is 16.0 Å². The van der Waals surface area contributed by atoms with Crippen LogP contribution in [0.5, 0.6) is 0 Å². The lowest BCUT2D eigenvalue weighted by molar-refractivity contribution is 0.547. The maximum absolute atomic E-state index is 5.30. The molecule has 0 radical (unpaired) electrons. The van der Waals surface area contributed by atoms with Crippen molar-refractivity contribution >= 4 is 18.2 Å². The summed E-state index contributed by atoms with van der Waals surface area (Å²) in [6.07, 6.45) is 2.96. The van der Waals surface area contributed by atoms with Crippen LogP contribution in [0.25, 0.3) is 0 Å². The summed E-state index contributed by atoms with van der Waals surface area (Å²) < 4.78 is 1.40. The number of hydrazone groups is 1. The number of hydrogen-bond donors (Lipinski definition) is 1. The molecule has 0 aliphatic carbocycles. The zero-order chi connectivity index (χ0) is 5.98. The fourth-order valence-corrected chi connectivity index (χ4v) is 1.16. The van der Waals surface area contributed by atoms with Crippen molar-refractivity contribution in [1.29, 1.82) is 0 Å². The third-order valence-corrected chi connectivity index (χ3v) is 2.03. The Kier molecular flexibility index (Phi) is 1.75. The van der Waals surface area contributed by atoms with Gasteiger partial charge in [0.1, 0.15) is 0 Å². The van der Waals surface area contributed by atoms with Gasteiger partial charge in [-0.05, 0) is 18.4 Å². The number of hydrogen-bond acceptors (Lipinski definition) is 4. The molecule has 0 amide bonds. The Morgan fingerprint density at radius 2 is 2.75 bits per heavy atom. The summed E-state index contributed by atoms with van der Waals surface area (Å²) in [5.74, 6) is 5.30. The van der Waals surface area contributed by atoms with Crippen LogP contribution in [0.3, 0.4) is 0 Å². The van der Waals surface area contributed by atoms with Crippen LogP contribution >= 0.6 is 11.9 Å². The highest BCUT2D eigenvalue weighted by molar-refractivity contribution is 7.98. The van der Waals surface area contributed by atoms with Crippen molar-refractivity contribution in [3.8, 4) is 0 Å². The number of hydrazine groups is 1. The highest BCUT2D eigenvalue weighted by Gasteiger charge is 2.12. The molecule has 0 saturated heterocycles. The van der Waals surface area contributed by atoms with Crippen molar-refractivity contribution in [2.45, 2.75) is 18.6 Å². The maximum Gasteiger partial charge on any atom is 0.0647 e. The average Bonchev–Trinajstić information content (AvgIpc) is 2.14. The second kappa shape index (κ2) is 2.37. The standard InChI is InChI=1S/C4H9N3S/c1-2-4-3-6-7(5)8-4/h3-4H,2,5H2,1H3. The minimum Gasteiger partial charge on any atom is -0.220 e. The number of rotatable bonds is 1. The lowest BCUT2D eigenvalue weighted by Gasteiger charge is -2.03. The summed E-state index contributed by atoms with van der Waals surface area (Å²) in [6.45, 7) is 2.11. The molecule has 1 aliphatic heterocycles. The molecular formula is C4H9N3S. The molecule has 1 aliphatic rings. The Balaban J connectivity index is 2.34. The molecule has 1 rings (SSSR count). The zero-order valence-corrected chi connectivity index (χ0v) is 5.56. The van der Waals surface area contributed by atoms with E-state index in [9.17, 15) is 0 Å². The fourth-order valence-electron chi connectivity index (χ4n) is 0.513. The van der Waals surface area contributed by atoms with Crippen molar-refractivity contribution in [2.24, 2.45) is 10.9 Å². The van der Waals surface area contributed by atoms with Crippen LogP contribution in [0, 0.1) is 0 Å². The molecule has 0 spiro atoms. The van der Waals surface area contributed by atoms with Gasteiger partial charge in [0.15, 0.2) is 0 Å². The fraction of sp³-hybridized carbons (Fsp3) is 0.750. The van der Waals surface area contributed by atoms with E-state index >= 15 is 0 Å². The van der Waals surface area contributed by atoms with Gasteiger partial charge in [-0.3, -0.25) is 0 Å². The predicted molar refractivity (Wildman–Crippen MR) is 36.2 cm³/mol. The lowest BCUT2D eigenvalue weighted by Crippen LogP contribution is -2.13. The van der Waals surface area contributed by atoms with Gasteiger partial charge in [-0.1, -0.05) is 6.92 Å². The highest BCUT2D eigenvalue weighted by Crippen LogP contribution is 2.19. The van der Waals surface area contributed by atoms with Crippen LogP contribution in [0.4, 0.5) is 0 Å². The van der Waals surface area contributed by atoms with E-state index in [0.29, 0.717) is 5.25 Å². The van der Waals surface area contributed by atoms with Crippen molar-refractivity contribution in [3.63, 3.8) is 0 Å². The van der Waals surface area contributed by atoms with Crippen molar-refractivity contribution in [1.82, 2.24) is 4.52 Å². The first kappa shape index (κ1) is 5.91. The molecule has 1 atom stereocenters. The Hall–Kier alpha value is -0.220. The molecule has 3 nitrogen and oxygen atoms in total. The summed E-state index contributed by atoms with van der Waals surface area (Å²) in [7, 11) is 0. The summed E-state index contributed by atoms with van der Waals surface area (Å²) in [4.78, 5) is 0. The predicted octanol–water partition coefficient (Wildman–Crippen LogP) is 0.588. The second-order valence-electron chi connectivity index (χ2n) is 1.62. The van der Waals surface area contributed by atoms with Crippen molar-refractivity contribution < 1.29 is 0 Å². The quantitative estimate of drug-likeness (QED) is 0.418. The molecule has 4 heteroatoms. The smallest absolute Gasteiger partial charge is 0.0647 e. The number of nitrogens with zero attached hydrogens (tertiary/aromatic N) is 2. The largest absolute Gasteiger partial charge is 0.220 e. The SMILES string of the molecule is CCC1C=NN(N)S1. The summed E-state index contributed by atoms with van der Waals surface area (Å²) in [5.41, 5.74) is 0. The van der Waals surface area contributed by atoms with Gasteiger partial charge >= 0.3 is 0 Å². The van der Waals surface area contributed by atoms with E-state index in [0.717, 1.165) is 6.42 Å². The van der Waals surface area contributed by atoms with Gasteiger partial charge in [-0.2, -0.15) is 9.62 Å². The van der Waals surface area contributed by atoms with Gasteiger partial charge < -0.3 is 0 Å². The topological polar surface area (TPSA) is 41.6 Å². The van der Waals surface area contributed by atoms with E-state index in [2.05, 4.69) is 12.0 Å². The molecule has 0 fully saturated rings. The van der Waals surface area contributed by atoms with E-state index in [4.69, 9.17) is 5.84 Å². The first-order valence-electron chi connectivity index (χ1n) is 2.58. The Morgan fingerprint density at radius 1 is 2.00 bits per heavy atom. The molecule has 1 heterocycles. The molecule has 0 aromatic rings. The van der Waals surface area contributed by atoms with Crippen LogP contribution in [0.15, 0.2) is 5.10 Å². The molecule has 46 valence electrons. The van der Waals surface area contributed by atoms with Gasteiger partial charge in [0, 0.05) is 6.21 Å². The van der Waals surface area contributed by atoms with E-state index in [1.165, 1.54) is 4.52 Å². The Labute approximate surface area is 53.0 Å². The van der Waals surface area contributed by atoms with Crippen molar-refractivity contribution in [2.75, 3.05) is 0 Å². The summed E-state index contributed by atoms with van der Waals surface area (Å²) in [5, 5.41) is 4.34. The molecule has 0 aromatic carbocycles. The molecule has 1 unspecified atom stereocenters. The third kappa shape index (κ3) is 1.14. The van der Waals surface area contributed by atoms with Crippen LogP contribution in [0.1, 0.15) is 13.3 Å². The first-order chi connectivity index (χ1) is 3.83. The molecule has 0 bridgehead atoms. The minimum absolute atomic E-state index is 0.500. The van der Waals surface area contributed by atoms with Gasteiger partial charge in [0.25, 0.3) is 0 Å². The average molecular weight is 131 g/mol. The Morgan fingerprint density at radius 3 is 3.00 bits per heavy atom. The van der Waals surface area contributed by atoms with E-state index < -0.39 is 0 Å². The van der Waals surface area contributed by atoms with Crippen LogP contribution in [0.2, 0.25) is 0 Å². The monoisotopic (exact) mass is 131 g/mol. The molecule has 2 N–H and O–H groups in total. The summed E-state index contributed by atoms with van der Waals surface area (Å²) >= 11 is 1.55. The first-order valence-corrected chi connectivity index (χ1v) is 3.42. The summed E-state index contributed by atoms with van der Waals surface area (Å²) in [6, 6.07) is 0. The normalized spacial score (nSPS) is 27.2. The van der Waals surface area contributed by atoms with Crippen LogP contribution in [-0.2, 0) is 0 Å². The third-order valence-electron chi connectivity index (χ3n) is 0.993. The van der Waals surface area contributed by atoms with E-state index in [-0.39, 0.29) is 0 Å². The lowest BCUT2D eigenvalue weighted by atomic mass is 10.4. The molecule has 0 saturated carbocycles. The number of nitrogens with two attached hydrogens (primary N) is 1. The second-order valence-corrected chi connectivity index (χ2v) is 2.81. The van der Waals surface area contributed by atoms with Gasteiger partial charge in [0.05, 0.1) is 5.25 Å². The van der Waals surface area contributed by atoms with E-state index in [1.54, 1.807) is 11.9 Å². The minimum atomic E-state index is 0.500. The van der Waals surface area contributed by atoms with Gasteiger partial charge in [0.2, 0.25) is 0 Å². The highest BCUT2D eigenvalue weighted by atomic mass is 32.2. The van der Waals surface area contributed by atoms with Crippen LogP contribution < -0.4 is 5.84 Å². The Bertz CT molecular complexity index is 103.